The largest absolute Gasteiger partial charge is 0.228 e. The molecule has 252 valence electrons. The molecule has 2 nitrogen and oxygen atoms in total. The zero-order valence-corrected chi connectivity index (χ0v) is 29.5. The SMILES string of the molecule is c1ccc(-c2ccc(-c3ccc(-c4cc(-c5cccc(-c6c7ccccc7cc7c6ccc6ccccc67)c5)nc(-c5ccccc5)n4)cc3)cc2)cc1. The van der Waals surface area contributed by atoms with Gasteiger partial charge in [0.05, 0.1) is 11.4 Å². The fraction of sp³-hybridized carbons (Fsp3) is 0. The number of nitrogens with zero attached hydrogens (tertiary/aromatic N) is 2. The molecule has 0 fully saturated rings. The van der Waals surface area contributed by atoms with Crippen molar-refractivity contribution in [3.8, 4) is 67.3 Å². The second-order valence-electron chi connectivity index (χ2n) is 13.8. The minimum absolute atomic E-state index is 0.705. The van der Waals surface area contributed by atoms with Gasteiger partial charge < -0.3 is 0 Å². The molecule has 54 heavy (non-hydrogen) atoms. The summed E-state index contributed by atoms with van der Waals surface area (Å²) in [6.45, 7) is 0. The van der Waals surface area contributed by atoms with Gasteiger partial charge in [-0.15, -0.1) is 0 Å². The summed E-state index contributed by atoms with van der Waals surface area (Å²) < 4.78 is 0. The Labute approximate surface area is 314 Å². The number of benzene rings is 9. The Morgan fingerprint density at radius 1 is 0.241 bits per heavy atom. The maximum atomic E-state index is 5.19. The molecular formula is C52H34N2. The van der Waals surface area contributed by atoms with Crippen LogP contribution in [-0.4, -0.2) is 9.97 Å². The first-order valence-electron chi connectivity index (χ1n) is 18.4. The van der Waals surface area contributed by atoms with Gasteiger partial charge in [-0.2, -0.15) is 0 Å². The van der Waals surface area contributed by atoms with Crippen LogP contribution in [0.3, 0.4) is 0 Å². The van der Waals surface area contributed by atoms with Crippen molar-refractivity contribution in [2.24, 2.45) is 0 Å². The Balaban J connectivity index is 1.08. The summed E-state index contributed by atoms with van der Waals surface area (Å²) in [5, 5.41) is 7.48. The number of hydrogen-bond acceptors (Lipinski definition) is 2. The minimum Gasteiger partial charge on any atom is -0.228 e. The van der Waals surface area contributed by atoms with Gasteiger partial charge in [0.1, 0.15) is 0 Å². The van der Waals surface area contributed by atoms with Gasteiger partial charge in [-0.3, -0.25) is 0 Å². The monoisotopic (exact) mass is 686 g/mol. The molecular weight excluding hydrogens is 653 g/mol. The van der Waals surface area contributed by atoms with Crippen molar-refractivity contribution < 1.29 is 0 Å². The lowest BCUT2D eigenvalue weighted by Crippen LogP contribution is -1.96. The molecule has 0 saturated heterocycles. The molecule has 0 saturated carbocycles. The van der Waals surface area contributed by atoms with E-state index in [4.69, 9.17) is 9.97 Å². The van der Waals surface area contributed by atoms with Crippen LogP contribution in [0.1, 0.15) is 0 Å². The van der Waals surface area contributed by atoms with Crippen LogP contribution in [0, 0.1) is 0 Å². The van der Waals surface area contributed by atoms with Gasteiger partial charge in [-0.05, 0) is 83.9 Å². The maximum absolute atomic E-state index is 5.19. The summed E-state index contributed by atoms with van der Waals surface area (Å²) in [5.41, 5.74) is 12.0. The van der Waals surface area contributed by atoms with E-state index in [0.29, 0.717) is 5.82 Å². The third-order valence-corrected chi connectivity index (χ3v) is 10.5. The second kappa shape index (κ2) is 13.4. The fourth-order valence-corrected chi connectivity index (χ4v) is 7.74. The molecule has 0 aliphatic rings. The van der Waals surface area contributed by atoms with E-state index >= 15 is 0 Å². The van der Waals surface area contributed by atoms with Gasteiger partial charge in [0, 0.05) is 16.7 Å². The van der Waals surface area contributed by atoms with Crippen LogP contribution in [0.5, 0.6) is 0 Å². The second-order valence-corrected chi connectivity index (χ2v) is 13.8. The molecule has 2 heteroatoms. The first kappa shape index (κ1) is 31.6. The average Bonchev–Trinajstić information content (AvgIpc) is 3.26. The van der Waals surface area contributed by atoms with E-state index in [2.05, 4.69) is 188 Å². The Hall–Kier alpha value is -7.16. The first-order chi connectivity index (χ1) is 26.7. The van der Waals surface area contributed by atoms with E-state index in [1.807, 2.05) is 18.2 Å². The quantitative estimate of drug-likeness (QED) is 0.129. The Bertz CT molecular complexity index is 2950. The smallest absolute Gasteiger partial charge is 0.160 e. The summed E-state index contributed by atoms with van der Waals surface area (Å²) in [7, 11) is 0. The van der Waals surface area contributed by atoms with Gasteiger partial charge in [-0.25, -0.2) is 9.97 Å². The van der Waals surface area contributed by atoms with Crippen molar-refractivity contribution in [3.05, 3.63) is 206 Å². The van der Waals surface area contributed by atoms with Crippen LogP contribution < -0.4 is 0 Å². The maximum Gasteiger partial charge on any atom is 0.160 e. The fourth-order valence-electron chi connectivity index (χ4n) is 7.74. The Morgan fingerprint density at radius 3 is 1.43 bits per heavy atom. The highest BCUT2D eigenvalue weighted by atomic mass is 14.9. The van der Waals surface area contributed by atoms with E-state index in [0.717, 1.165) is 33.6 Å². The molecule has 0 bridgehead atoms. The molecule has 0 amide bonds. The zero-order chi connectivity index (χ0) is 35.8. The molecule has 1 heterocycles. The van der Waals surface area contributed by atoms with Gasteiger partial charge in [0.2, 0.25) is 0 Å². The van der Waals surface area contributed by atoms with Crippen LogP contribution in [0.4, 0.5) is 0 Å². The zero-order valence-electron chi connectivity index (χ0n) is 29.5. The molecule has 1 aromatic heterocycles. The number of fused-ring (bicyclic) bond motifs is 4. The summed E-state index contributed by atoms with van der Waals surface area (Å²) in [6.07, 6.45) is 0. The lowest BCUT2D eigenvalue weighted by atomic mass is 9.89. The summed E-state index contributed by atoms with van der Waals surface area (Å²) >= 11 is 0. The lowest BCUT2D eigenvalue weighted by Gasteiger charge is -2.15. The van der Waals surface area contributed by atoms with Crippen molar-refractivity contribution in [3.63, 3.8) is 0 Å². The van der Waals surface area contributed by atoms with Crippen molar-refractivity contribution in [1.82, 2.24) is 9.97 Å². The van der Waals surface area contributed by atoms with Crippen molar-refractivity contribution in [2.45, 2.75) is 0 Å². The van der Waals surface area contributed by atoms with Crippen LogP contribution >= 0.6 is 0 Å². The molecule has 0 spiro atoms. The van der Waals surface area contributed by atoms with Crippen LogP contribution in [0.15, 0.2) is 206 Å². The highest BCUT2D eigenvalue weighted by Gasteiger charge is 2.15. The first-order valence-corrected chi connectivity index (χ1v) is 18.4. The summed E-state index contributed by atoms with van der Waals surface area (Å²) in [6, 6.07) is 73.5. The molecule has 0 unspecified atom stereocenters. The highest BCUT2D eigenvalue weighted by Crippen LogP contribution is 2.40. The van der Waals surface area contributed by atoms with Crippen molar-refractivity contribution in [2.75, 3.05) is 0 Å². The van der Waals surface area contributed by atoms with E-state index in [1.54, 1.807) is 0 Å². The molecule has 0 radical (unpaired) electrons. The molecule has 0 N–H and O–H groups in total. The summed E-state index contributed by atoms with van der Waals surface area (Å²) in [4.78, 5) is 10.3. The predicted molar refractivity (Wildman–Crippen MR) is 227 cm³/mol. The third-order valence-electron chi connectivity index (χ3n) is 10.5. The standard InChI is InChI=1S/C52H34N2/c1-3-12-35(13-4-1)36-22-24-37(25-23-36)38-26-28-40(29-27-38)49-34-50(54-52(53-49)41-15-5-2-6-16-41)43-18-11-19-44(32-43)51-46-21-10-8-17-42(46)33-48-45-20-9-7-14-39(45)30-31-47(48)51/h1-34H. The van der Waals surface area contributed by atoms with Gasteiger partial charge in [0.25, 0.3) is 0 Å². The average molecular weight is 687 g/mol. The van der Waals surface area contributed by atoms with Gasteiger partial charge in [-0.1, -0.05) is 188 Å². The van der Waals surface area contributed by atoms with Gasteiger partial charge >= 0.3 is 0 Å². The minimum atomic E-state index is 0.705. The highest BCUT2D eigenvalue weighted by molar-refractivity contribution is 6.20. The molecule has 0 aliphatic carbocycles. The predicted octanol–water partition coefficient (Wildman–Crippen LogP) is 13.9. The molecule has 0 atom stereocenters. The Kier molecular flexibility index (Phi) is 7.85. The van der Waals surface area contributed by atoms with Crippen molar-refractivity contribution in [1.29, 1.82) is 0 Å². The number of rotatable bonds is 6. The van der Waals surface area contributed by atoms with Crippen molar-refractivity contribution >= 4 is 32.3 Å². The number of aromatic nitrogens is 2. The van der Waals surface area contributed by atoms with Crippen LogP contribution in [0.25, 0.3) is 99.6 Å². The Morgan fingerprint density at radius 2 is 0.741 bits per heavy atom. The van der Waals surface area contributed by atoms with Gasteiger partial charge in [0.15, 0.2) is 5.82 Å². The van der Waals surface area contributed by atoms with E-state index < -0.39 is 0 Å². The molecule has 9 aromatic carbocycles. The van der Waals surface area contributed by atoms with E-state index in [1.165, 1.54) is 60.1 Å². The topological polar surface area (TPSA) is 25.8 Å². The van der Waals surface area contributed by atoms with Crippen LogP contribution in [-0.2, 0) is 0 Å². The molecule has 0 aliphatic heterocycles. The van der Waals surface area contributed by atoms with E-state index in [-0.39, 0.29) is 0 Å². The third kappa shape index (κ3) is 5.81. The van der Waals surface area contributed by atoms with E-state index in [9.17, 15) is 0 Å². The number of hydrogen-bond donors (Lipinski definition) is 0. The molecule has 10 aromatic rings. The summed E-state index contributed by atoms with van der Waals surface area (Å²) in [5.74, 6) is 0.705. The normalized spacial score (nSPS) is 11.3. The lowest BCUT2D eigenvalue weighted by molar-refractivity contribution is 1.18. The molecule has 10 rings (SSSR count). The van der Waals surface area contributed by atoms with Crippen LogP contribution in [0.2, 0.25) is 0 Å².